The molecule has 0 aromatic carbocycles. The summed E-state index contributed by atoms with van der Waals surface area (Å²) in [5.41, 5.74) is 0. The van der Waals surface area contributed by atoms with Gasteiger partial charge >= 0.3 is 26.2 Å². The van der Waals surface area contributed by atoms with Gasteiger partial charge in [-0.3, -0.25) is 14.4 Å². The van der Waals surface area contributed by atoms with Gasteiger partial charge in [0, 0.05) is 38.0 Å². The molecule has 0 saturated carbocycles. The third kappa shape index (κ3) is 24.9. The molecule has 0 aliphatic rings. The summed E-state index contributed by atoms with van der Waals surface area (Å²) in [7, 11) is 0. The van der Waals surface area contributed by atoms with Crippen molar-refractivity contribution in [3.8, 4) is 0 Å². The summed E-state index contributed by atoms with van der Waals surface area (Å²) in [6.07, 6.45) is 0. The maximum absolute atomic E-state index is 10.3. The smallest absolute Gasteiger partial charge is 0.548 e. The van der Waals surface area contributed by atoms with Crippen molar-refractivity contribution in [1.29, 1.82) is 0 Å². The zero-order chi connectivity index (χ0) is 24.4. The predicted molar refractivity (Wildman–Crippen MR) is 115 cm³/mol. The molecule has 0 bridgehead atoms. The molecule has 0 rings (SSSR count). The largest absolute Gasteiger partial charge is 3.00 e. The number of carboxylic acids is 3. The first-order valence-corrected chi connectivity index (χ1v) is 9.89. The Labute approximate surface area is 215 Å². The summed E-state index contributed by atoms with van der Waals surface area (Å²) >= 11 is 11.1. The molecule has 3 amide bonds. The molecule has 176 valence electrons. The number of aliphatic carboxylic acids is 3. The molecule has 0 aromatic rings. The first kappa shape index (κ1) is 37.1. The van der Waals surface area contributed by atoms with Crippen molar-refractivity contribution >= 4 is 99.7 Å². The Bertz CT molecular complexity index is 531. The Morgan fingerprint density at radius 3 is 0.774 bits per heavy atom. The van der Waals surface area contributed by atoms with Crippen molar-refractivity contribution in [3.05, 3.63) is 0 Å². The van der Waals surface area contributed by atoms with Gasteiger partial charge in [-0.05, 0) is 0 Å². The summed E-state index contributed by atoms with van der Waals surface area (Å²) in [6, 6.07) is -2.96. The van der Waals surface area contributed by atoms with Crippen molar-refractivity contribution in [3.63, 3.8) is 0 Å². The Kier molecular flexibility index (Phi) is 26.3. The molecule has 0 saturated heterocycles. The van der Waals surface area contributed by atoms with E-state index >= 15 is 0 Å². The number of amides is 3. The molecule has 0 spiro atoms. The molecule has 0 fully saturated rings. The quantitative estimate of drug-likeness (QED) is 0.100. The van der Waals surface area contributed by atoms with Crippen molar-refractivity contribution in [2.75, 3.05) is 17.3 Å². The van der Waals surface area contributed by atoms with Gasteiger partial charge in [0.25, 0.3) is 0 Å². The fourth-order valence-corrected chi connectivity index (χ4v) is 1.99. The molecule has 0 aliphatic heterocycles. The van der Waals surface area contributed by atoms with Crippen LogP contribution in [-0.2, 0) is 28.8 Å². The van der Waals surface area contributed by atoms with Gasteiger partial charge in [-0.2, -0.15) is 37.9 Å². The summed E-state index contributed by atoms with van der Waals surface area (Å²) in [5.74, 6) is -5.01. The van der Waals surface area contributed by atoms with Crippen LogP contribution in [-0.4, -0.2) is 97.2 Å². The zero-order valence-electron chi connectivity index (χ0n) is 16.8. The van der Waals surface area contributed by atoms with Gasteiger partial charge in [-0.1, -0.05) is 0 Å². The number of nitrogens with one attached hydrogen (secondary N) is 3. The maximum atomic E-state index is 10.3. The summed E-state index contributed by atoms with van der Waals surface area (Å²) in [6.45, 7) is 3.71. The van der Waals surface area contributed by atoms with Crippen molar-refractivity contribution < 1.29 is 44.1 Å². The second-order valence-corrected chi connectivity index (χ2v) is 6.36. The van der Waals surface area contributed by atoms with Gasteiger partial charge in [0.05, 0.1) is 36.0 Å². The standard InChI is InChI=1S/3C5H9NO3S.Bi/c3*1-3(7)6-4(2-10)5(8)9;/h3*4,10H,2H2,1H3,(H,6,7)(H,8,9);/q;;;+3/p-3/t3*4-;/m000./s1. The molecule has 12 nitrogen and oxygen atoms in total. The molecule has 31 heavy (non-hydrogen) atoms. The Morgan fingerprint density at radius 1 is 0.581 bits per heavy atom. The van der Waals surface area contributed by atoms with Crippen molar-refractivity contribution in [2.45, 2.75) is 38.9 Å². The van der Waals surface area contributed by atoms with E-state index in [2.05, 4.69) is 53.8 Å². The molecule has 0 heterocycles. The number of hydrogen-bond donors (Lipinski definition) is 6. The van der Waals surface area contributed by atoms with E-state index in [1.165, 1.54) is 20.8 Å². The Hall–Kier alpha value is -1.25. The van der Waals surface area contributed by atoms with E-state index in [0.29, 0.717) is 0 Å². The number of rotatable bonds is 9. The van der Waals surface area contributed by atoms with Crippen molar-refractivity contribution in [1.82, 2.24) is 16.0 Å². The van der Waals surface area contributed by atoms with Gasteiger partial charge in [-0.15, -0.1) is 0 Å². The normalized spacial score (nSPS) is 11.8. The molecular formula is C15H24BiN3O9S3. The maximum Gasteiger partial charge on any atom is 3.00 e. The molecule has 16 heteroatoms. The van der Waals surface area contributed by atoms with Gasteiger partial charge < -0.3 is 45.7 Å². The van der Waals surface area contributed by atoms with Gasteiger partial charge in [0.1, 0.15) is 0 Å². The van der Waals surface area contributed by atoms with E-state index in [1.807, 2.05) is 0 Å². The fraction of sp³-hybridized carbons (Fsp3) is 0.600. The molecular weight excluding hydrogens is 671 g/mol. The van der Waals surface area contributed by atoms with Crippen LogP contribution in [0.4, 0.5) is 0 Å². The minimum atomic E-state index is -1.31. The monoisotopic (exact) mass is 695 g/mol. The topological polar surface area (TPSA) is 208 Å². The third-order valence-corrected chi connectivity index (χ3v) is 3.63. The molecule has 0 aliphatic carbocycles. The first-order valence-electron chi connectivity index (χ1n) is 7.99. The molecule has 0 aromatic heterocycles. The molecule has 2 radical (unpaired) electrons. The van der Waals surface area contributed by atoms with Crippen LogP contribution >= 0.6 is 37.9 Å². The van der Waals surface area contributed by atoms with E-state index < -0.39 is 53.8 Å². The average Bonchev–Trinajstić information content (AvgIpc) is 2.61. The Balaban J connectivity index is -0.000000174. The van der Waals surface area contributed by atoms with Crippen LogP contribution in [0.15, 0.2) is 0 Å². The summed E-state index contributed by atoms with van der Waals surface area (Å²) in [5, 5.41) is 36.7. The van der Waals surface area contributed by atoms with E-state index in [9.17, 15) is 44.1 Å². The summed E-state index contributed by atoms with van der Waals surface area (Å²) < 4.78 is 0. The minimum Gasteiger partial charge on any atom is -0.548 e. The van der Waals surface area contributed by atoms with E-state index in [4.69, 9.17) is 0 Å². The van der Waals surface area contributed by atoms with Crippen LogP contribution < -0.4 is 31.3 Å². The Morgan fingerprint density at radius 2 is 0.742 bits per heavy atom. The SMILES string of the molecule is CC(=O)N[C@@H](CS)C(=O)[O-].CC(=O)N[C@@H](CS)C(=O)[O-].CC(=O)N[C@@H](CS)C(=O)[O-].[Bi+3]. The summed E-state index contributed by atoms with van der Waals surface area (Å²) in [4.78, 5) is 61.1. The molecule has 3 atom stereocenters. The zero-order valence-corrected chi connectivity index (χ0v) is 23.0. The van der Waals surface area contributed by atoms with E-state index in [1.54, 1.807) is 0 Å². The van der Waals surface area contributed by atoms with Crippen LogP contribution in [0.25, 0.3) is 0 Å². The number of carboxylic acid groups (broad SMARTS) is 3. The number of carbonyl (C=O) groups is 6. The molecule has 0 unspecified atom stereocenters. The average molecular weight is 696 g/mol. The molecule has 3 N–H and O–H groups in total. The van der Waals surface area contributed by atoms with Crippen LogP contribution in [0, 0.1) is 0 Å². The fourth-order valence-electron chi connectivity index (χ4n) is 1.27. The first-order chi connectivity index (χ1) is 13.7. The second-order valence-electron chi connectivity index (χ2n) is 5.26. The van der Waals surface area contributed by atoms with Crippen LogP contribution in [0.2, 0.25) is 0 Å². The van der Waals surface area contributed by atoms with E-state index in [0.717, 1.165) is 0 Å². The third-order valence-electron chi connectivity index (χ3n) is 2.53. The van der Waals surface area contributed by atoms with Gasteiger partial charge in [-0.25, -0.2) is 0 Å². The number of hydrogen-bond acceptors (Lipinski definition) is 12. The van der Waals surface area contributed by atoms with Crippen LogP contribution in [0.3, 0.4) is 0 Å². The van der Waals surface area contributed by atoms with Crippen LogP contribution in [0.5, 0.6) is 0 Å². The van der Waals surface area contributed by atoms with Gasteiger partial charge in [0.15, 0.2) is 0 Å². The van der Waals surface area contributed by atoms with Crippen LogP contribution in [0.1, 0.15) is 20.8 Å². The van der Waals surface area contributed by atoms with E-state index in [-0.39, 0.29) is 43.5 Å². The minimum absolute atomic E-state index is 0. The van der Waals surface area contributed by atoms with Gasteiger partial charge in [0.2, 0.25) is 17.7 Å². The number of thiol groups is 3. The van der Waals surface area contributed by atoms with Crippen molar-refractivity contribution in [2.24, 2.45) is 0 Å². The predicted octanol–water partition coefficient (Wildman–Crippen LogP) is -5.87. The number of carbonyl (C=O) groups excluding carboxylic acids is 6. The second kappa shape index (κ2) is 22.0.